The maximum atomic E-state index is 14.0. The summed E-state index contributed by atoms with van der Waals surface area (Å²) in [5.41, 5.74) is -0.859. The molecular weight excluding hydrogens is 195 g/mol. The molecule has 1 aliphatic carbocycles. The molecule has 15 heavy (non-hydrogen) atoms. The molecule has 0 radical (unpaired) electrons. The summed E-state index contributed by atoms with van der Waals surface area (Å²) in [6, 6.07) is 2.23. The number of nitrogens with zero attached hydrogens (tertiary/aromatic N) is 2. The Labute approximate surface area is 89.8 Å². The predicted octanol–water partition coefficient (Wildman–Crippen LogP) is 1.49. The summed E-state index contributed by atoms with van der Waals surface area (Å²) in [5, 5.41) is 9.29. The quantitative estimate of drug-likeness (QED) is 0.660. The monoisotopic (exact) mass is 212 g/mol. The fraction of sp³-hybridized carbons (Fsp3) is 0.909. The van der Waals surface area contributed by atoms with Crippen molar-refractivity contribution in [3.63, 3.8) is 0 Å². The molecule has 84 valence electrons. The van der Waals surface area contributed by atoms with E-state index in [0.717, 1.165) is 12.8 Å². The standard InChI is InChI=1S/C11H17FN2O/c12-10-3-1-2-4-11(10,9-13)14-5-7-15-8-6-14/h10H,1-8H2. The SMILES string of the molecule is N#CC1(N2CCOCC2)CCCCC1F. The lowest BCUT2D eigenvalue weighted by atomic mass is 9.79. The molecule has 2 rings (SSSR count). The summed E-state index contributed by atoms with van der Waals surface area (Å²) in [4.78, 5) is 1.99. The van der Waals surface area contributed by atoms with Gasteiger partial charge in [0.1, 0.15) is 11.7 Å². The smallest absolute Gasteiger partial charge is 0.140 e. The second-order valence-electron chi connectivity index (χ2n) is 4.35. The van der Waals surface area contributed by atoms with Gasteiger partial charge < -0.3 is 4.74 Å². The summed E-state index contributed by atoms with van der Waals surface area (Å²) in [7, 11) is 0. The van der Waals surface area contributed by atoms with Crippen LogP contribution in [0.2, 0.25) is 0 Å². The molecule has 4 heteroatoms. The maximum Gasteiger partial charge on any atom is 0.140 e. The highest BCUT2D eigenvalue weighted by atomic mass is 19.1. The topological polar surface area (TPSA) is 36.3 Å². The third-order valence-electron chi connectivity index (χ3n) is 3.55. The van der Waals surface area contributed by atoms with Crippen LogP contribution in [0.25, 0.3) is 0 Å². The molecule has 0 spiro atoms. The second kappa shape index (κ2) is 4.46. The summed E-state index contributed by atoms with van der Waals surface area (Å²) in [5.74, 6) is 0. The van der Waals surface area contributed by atoms with Crippen molar-refractivity contribution in [1.82, 2.24) is 4.90 Å². The van der Waals surface area contributed by atoms with Crippen LogP contribution in [0.1, 0.15) is 25.7 Å². The van der Waals surface area contributed by atoms with E-state index in [4.69, 9.17) is 4.74 Å². The van der Waals surface area contributed by atoms with E-state index in [1.807, 2.05) is 4.90 Å². The second-order valence-corrected chi connectivity index (χ2v) is 4.35. The highest BCUT2D eigenvalue weighted by Crippen LogP contribution is 2.35. The fourth-order valence-electron chi connectivity index (χ4n) is 2.63. The molecule has 0 aromatic heterocycles. The molecule has 2 atom stereocenters. The number of rotatable bonds is 1. The van der Waals surface area contributed by atoms with Gasteiger partial charge >= 0.3 is 0 Å². The minimum atomic E-state index is -0.991. The van der Waals surface area contributed by atoms with Crippen molar-refractivity contribution in [2.45, 2.75) is 37.4 Å². The van der Waals surface area contributed by atoms with Gasteiger partial charge in [-0.1, -0.05) is 12.8 Å². The van der Waals surface area contributed by atoms with E-state index in [1.165, 1.54) is 0 Å². The van der Waals surface area contributed by atoms with Crippen molar-refractivity contribution in [2.24, 2.45) is 0 Å². The number of nitriles is 1. The molecule has 2 aliphatic rings. The lowest BCUT2D eigenvalue weighted by molar-refractivity contribution is -0.0445. The van der Waals surface area contributed by atoms with E-state index in [9.17, 15) is 9.65 Å². The molecule has 0 aromatic rings. The molecule has 0 bridgehead atoms. The van der Waals surface area contributed by atoms with Gasteiger partial charge in [-0.2, -0.15) is 5.26 Å². The minimum absolute atomic E-state index is 0.533. The maximum absolute atomic E-state index is 14.0. The Hall–Kier alpha value is -0.660. The molecule has 2 unspecified atom stereocenters. The zero-order chi connectivity index (χ0) is 10.7. The van der Waals surface area contributed by atoms with Crippen LogP contribution in [-0.4, -0.2) is 42.9 Å². The van der Waals surface area contributed by atoms with Crippen molar-refractivity contribution < 1.29 is 9.13 Å². The number of morpholine rings is 1. The largest absolute Gasteiger partial charge is 0.379 e. The first-order valence-corrected chi connectivity index (χ1v) is 5.68. The van der Waals surface area contributed by atoms with E-state index < -0.39 is 11.7 Å². The van der Waals surface area contributed by atoms with Crippen molar-refractivity contribution in [2.75, 3.05) is 26.3 Å². The Kier molecular flexibility index (Phi) is 3.22. The average molecular weight is 212 g/mol. The van der Waals surface area contributed by atoms with Gasteiger partial charge in [0.2, 0.25) is 0 Å². The van der Waals surface area contributed by atoms with E-state index in [1.54, 1.807) is 0 Å². The Morgan fingerprint density at radius 1 is 1.33 bits per heavy atom. The number of halogens is 1. The van der Waals surface area contributed by atoms with E-state index in [0.29, 0.717) is 39.1 Å². The van der Waals surface area contributed by atoms with Crippen LogP contribution < -0.4 is 0 Å². The van der Waals surface area contributed by atoms with Gasteiger partial charge in [-0.05, 0) is 12.8 Å². The van der Waals surface area contributed by atoms with Crippen LogP contribution >= 0.6 is 0 Å². The van der Waals surface area contributed by atoms with Crippen molar-refractivity contribution >= 4 is 0 Å². The summed E-state index contributed by atoms with van der Waals surface area (Å²) in [6.07, 6.45) is 2.09. The molecular formula is C11H17FN2O. The van der Waals surface area contributed by atoms with Gasteiger partial charge in [0.15, 0.2) is 0 Å². The normalized spacial score (nSPS) is 38.5. The van der Waals surface area contributed by atoms with Crippen molar-refractivity contribution in [1.29, 1.82) is 5.26 Å². The average Bonchev–Trinajstić information content (AvgIpc) is 2.31. The van der Waals surface area contributed by atoms with E-state index >= 15 is 0 Å². The number of hydrogen-bond acceptors (Lipinski definition) is 3. The minimum Gasteiger partial charge on any atom is -0.379 e. The first-order chi connectivity index (χ1) is 7.29. The first kappa shape index (κ1) is 10.8. The summed E-state index contributed by atoms with van der Waals surface area (Å²) < 4.78 is 19.2. The Balaban J connectivity index is 2.15. The predicted molar refractivity (Wildman–Crippen MR) is 54.1 cm³/mol. The van der Waals surface area contributed by atoms with Gasteiger partial charge in [0.05, 0.1) is 19.3 Å². The van der Waals surface area contributed by atoms with Crippen molar-refractivity contribution in [3.05, 3.63) is 0 Å². The van der Waals surface area contributed by atoms with Crippen LogP contribution in [0.3, 0.4) is 0 Å². The molecule has 0 aromatic carbocycles. The summed E-state index contributed by atoms with van der Waals surface area (Å²) in [6.45, 7) is 2.62. The lowest BCUT2D eigenvalue weighted by Crippen LogP contribution is -2.59. The van der Waals surface area contributed by atoms with Gasteiger partial charge in [0, 0.05) is 13.1 Å². The Bertz CT molecular complexity index is 260. The van der Waals surface area contributed by atoms with Gasteiger partial charge in [-0.25, -0.2) is 4.39 Å². The van der Waals surface area contributed by atoms with Crippen LogP contribution in [0, 0.1) is 11.3 Å². The fourth-order valence-corrected chi connectivity index (χ4v) is 2.63. The number of ether oxygens (including phenoxy) is 1. The molecule has 1 saturated carbocycles. The highest BCUT2D eigenvalue weighted by molar-refractivity contribution is 5.14. The lowest BCUT2D eigenvalue weighted by Gasteiger charge is -2.44. The number of alkyl halides is 1. The van der Waals surface area contributed by atoms with Crippen LogP contribution in [-0.2, 0) is 4.74 Å². The van der Waals surface area contributed by atoms with E-state index in [2.05, 4.69) is 6.07 Å². The van der Waals surface area contributed by atoms with Crippen molar-refractivity contribution in [3.8, 4) is 6.07 Å². The van der Waals surface area contributed by atoms with Gasteiger partial charge in [0.25, 0.3) is 0 Å². The number of hydrogen-bond donors (Lipinski definition) is 0. The highest BCUT2D eigenvalue weighted by Gasteiger charge is 2.46. The molecule has 2 fully saturated rings. The molecule has 1 saturated heterocycles. The summed E-state index contributed by atoms with van der Waals surface area (Å²) >= 11 is 0. The molecule has 0 N–H and O–H groups in total. The van der Waals surface area contributed by atoms with Crippen LogP contribution in [0.4, 0.5) is 4.39 Å². The Morgan fingerprint density at radius 2 is 2.07 bits per heavy atom. The molecule has 0 amide bonds. The van der Waals surface area contributed by atoms with Crippen LogP contribution in [0.5, 0.6) is 0 Å². The third-order valence-corrected chi connectivity index (χ3v) is 3.55. The van der Waals surface area contributed by atoms with Gasteiger partial charge in [-0.15, -0.1) is 0 Å². The third kappa shape index (κ3) is 1.86. The molecule has 3 nitrogen and oxygen atoms in total. The van der Waals surface area contributed by atoms with Crippen LogP contribution in [0.15, 0.2) is 0 Å². The molecule has 1 heterocycles. The van der Waals surface area contributed by atoms with Gasteiger partial charge in [-0.3, -0.25) is 4.90 Å². The Morgan fingerprint density at radius 3 is 2.67 bits per heavy atom. The van der Waals surface area contributed by atoms with E-state index in [-0.39, 0.29) is 0 Å². The zero-order valence-corrected chi connectivity index (χ0v) is 8.91. The first-order valence-electron chi connectivity index (χ1n) is 5.68. The zero-order valence-electron chi connectivity index (χ0n) is 8.91. The molecule has 1 aliphatic heterocycles.